The van der Waals surface area contributed by atoms with Gasteiger partial charge >= 0.3 is 0 Å². The molecule has 0 unspecified atom stereocenters. The van der Waals surface area contributed by atoms with Crippen molar-refractivity contribution in [1.82, 2.24) is 5.32 Å². The molecule has 2 aromatic carbocycles. The number of hydrogen-bond donors (Lipinski definition) is 1. The lowest BCUT2D eigenvalue weighted by Crippen LogP contribution is -2.13. The van der Waals surface area contributed by atoms with E-state index in [0.717, 1.165) is 17.7 Å². The number of ether oxygens (including phenoxy) is 1. The minimum absolute atomic E-state index is 0.310. The molecule has 0 radical (unpaired) electrons. The lowest BCUT2D eigenvalue weighted by atomic mass is 10.1. The van der Waals surface area contributed by atoms with Crippen LogP contribution in [0.1, 0.15) is 29.2 Å². The molecule has 21 heavy (non-hydrogen) atoms. The lowest BCUT2D eigenvalue weighted by molar-refractivity contribution is 0.286. The molecule has 2 rings (SSSR count). The van der Waals surface area contributed by atoms with Crippen LogP contribution < -0.4 is 10.1 Å². The molecular formula is C18H22FNO. The highest BCUT2D eigenvalue weighted by Gasteiger charge is 2.10. The van der Waals surface area contributed by atoms with Crippen LogP contribution in [0.5, 0.6) is 5.75 Å². The third kappa shape index (κ3) is 4.30. The second-order valence-corrected chi connectivity index (χ2v) is 5.29. The Balaban J connectivity index is 2.15. The molecule has 0 spiro atoms. The van der Waals surface area contributed by atoms with Crippen LogP contribution in [0.2, 0.25) is 0 Å². The Kier molecular flexibility index (Phi) is 5.34. The monoisotopic (exact) mass is 287 g/mol. The van der Waals surface area contributed by atoms with Gasteiger partial charge in [0.1, 0.15) is 6.61 Å². The van der Waals surface area contributed by atoms with Crippen molar-refractivity contribution < 1.29 is 9.13 Å². The van der Waals surface area contributed by atoms with Gasteiger partial charge in [-0.2, -0.15) is 0 Å². The quantitative estimate of drug-likeness (QED) is 0.862. The Labute approximate surface area is 126 Å². The van der Waals surface area contributed by atoms with Crippen LogP contribution in [0.25, 0.3) is 0 Å². The average molecular weight is 287 g/mol. The average Bonchev–Trinajstić information content (AvgIpc) is 2.43. The fraction of sp³-hybridized carbons (Fsp3) is 0.333. The molecule has 112 valence electrons. The van der Waals surface area contributed by atoms with E-state index < -0.39 is 0 Å². The van der Waals surface area contributed by atoms with Gasteiger partial charge in [-0.1, -0.05) is 48.4 Å². The Hall–Kier alpha value is -1.87. The van der Waals surface area contributed by atoms with Crippen molar-refractivity contribution in [3.05, 3.63) is 64.5 Å². The van der Waals surface area contributed by atoms with Crippen molar-refractivity contribution in [2.24, 2.45) is 0 Å². The van der Waals surface area contributed by atoms with Crippen LogP contribution in [-0.2, 0) is 13.2 Å². The number of hydrogen-bond acceptors (Lipinski definition) is 2. The second kappa shape index (κ2) is 7.23. The first-order chi connectivity index (χ1) is 10.1. The van der Waals surface area contributed by atoms with Crippen LogP contribution in [0.15, 0.2) is 36.4 Å². The van der Waals surface area contributed by atoms with Gasteiger partial charge in [0.05, 0.1) is 0 Å². The standard InChI is InChI=1S/C18H22FNO/c1-4-20-11-16-6-5-7-17(19)18(16)21-12-15-9-13(2)8-14(3)10-15/h5-10,20H,4,11-12H2,1-3H3. The molecular weight excluding hydrogens is 265 g/mol. The normalized spacial score (nSPS) is 10.7. The van der Waals surface area contributed by atoms with Gasteiger partial charge in [-0.05, 0) is 32.0 Å². The molecule has 2 nitrogen and oxygen atoms in total. The van der Waals surface area contributed by atoms with E-state index in [0.29, 0.717) is 18.9 Å². The highest BCUT2D eigenvalue weighted by Crippen LogP contribution is 2.24. The maximum atomic E-state index is 14.0. The molecule has 0 fully saturated rings. The highest BCUT2D eigenvalue weighted by molar-refractivity contribution is 5.35. The van der Waals surface area contributed by atoms with Crippen LogP contribution in [0.4, 0.5) is 4.39 Å². The highest BCUT2D eigenvalue weighted by atomic mass is 19.1. The molecule has 0 bridgehead atoms. The lowest BCUT2D eigenvalue weighted by Gasteiger charge is -2.13. The summed E-state index contributed by atoms with van der Waals surface area (Å²) in [5.74, 6) is 0.0346. The van der Waals surface area contributed by atoms with Crippen LogP contribution in [-0.4, -0.2) is 6.54 Å². The van der Waals surface area contributed by atoms with Crippen molar-refractivity contribution in [1.29, 1.82) is 0 Å². The summed E-state index contributed by atoms with van der Waals surface area (Å²) in [7, 11) is 0. The largest absolute Gasteiger partial charge is 0.485 e. The molecule has 0 atom stereocenters. The summed E-state index contributed by atoms with van der Waals surface area (Å²) < 4.78 is 19.7. The van der Waals surface area contributed by atoms with Gasteiger partial charge in [-0.25, -0.2) is 4.39 Å². The number of nitrogens with one attached hydrogen (secondary N) is 1. The molecule has 1 N–H and O–H groups in total. The third-order valence-electron chi connectivity index (χ3n) is 3.28. The smallest absolute Gasteiger partial charge is 0.165 e. The summed E-state index contributed by atoms with van der Waals surface area (Å²) in [4.78, 5) is 0. The van der Waals surface area contributed by atoms with E-state index in [9.17, 15) is 4.39 Å². The summed E-state index contributed by atoms with van der Waals surface area (Å²) in [5, 5.41) is 3.20. The summed E-state index contributed by atoms with van der Waals surface area (Å²) in [5.41, 5.74) is 4.29. The molecule has 0 aliphatic rings. The second-order valence-electron chi connectivity index (χ2n) is 5.29. The van der Waals surface area contributed by atoms with Crippen molar-refractivity contribution in [3.63, 3.8) is 0 Å². The molecule has 0 heterocycles. The number of aryl methyl sites for hydroxylation is 2. The molecule has 2 aromatic rings. The van der Waals surface area contributed by atoms with Gasteiger partial charge < -0.3 is 10.1 Å². The summed E-state index contributed by atoms with van der Waals surface area (Å²) in [6.07, 6.45) is 0. The maximum absolute atomic E-state index is 14.0. The van der Waals surface area contributed by atoms with Gasteiger partial charge in [-0.15, -0.1) is 0 Å². The SMILES string of the molecule is CCNCc1cccc(F)c1OCc1cc(C)cc(C)c1. The van der Waals surface area contributed by atoms with Crippen molar-refractivity contribution in [2.45, 2.75) is 33.9 Å². The zero-order valence-electron chi connectivity index (χ0n) is 12.9. The molecule has 0 aromatic heterocycles. The summed E-state index contributed by atoms with van der Waals surface area (Å²) in [6, 6.07) is 11.3. The fourth-order valence-electron chi connectivity index (χ4n) is 2.42. The van der Waals surface area contributed by atoms with Crippen LogP contribution in [0.3, 0.4) is 0 Å². The van der Waals surface area contributed by atoms with E-state index in [2.05, 4.69) is 37.4 Å². The first-order valence-electron chi connectivity index (χ1n) is 7.28. The Bertz CT molecular complexity index is 590. The summed E-state index contributed by atoms with van der Waals surface area (Å²) in [6.45, 7) is 7.95. The van der Waals surface area contributed by atoms with Crippen molar-refractivity contribution in [3.8, 4) is 5.75 Å². The van der Waals surface area contributed by atoms with E-state index in [4.69, 9.17) is 4.74 Å². The number of halogens is 1. The van der Waals surface area contributed by atoms with E-state index in [1.807, 2.05) is 13.0 Å². The zero-order valence-corrected chi connectivity index (χ0v) is 12.9. The van der Waals surface area contributed by atoms with Crippen molar-refractivity contribution >= 4 is 0 Å². The van der Waals surface area contributed by atoms with Gasteiger partial charge in [0.25, 0.3) is 0 Å². The first kappa shape index (κ1) is 15.5. The van der Waals surface area contributed by atoms with E-state index in [1.54, 1.807) is 6.07 Å². The van der Waals surface area contributed by atoms with E-state index in [1.165, 1.54) is 17.2 Å². The minimum atomic E-state index is -0.310. The van der Waals surface area contributed by atoms with Gasteiger partial charge in [0, 0.05) is 12.1 Å². The number of rotatable bonds is 6. The predicted molar refractivity (Wildman–Crippen MR) is 84.0 cm³/mol. The molecule has 0 aliphatic heterocycles. The Morgan fingerprint density at radius 1 is 1.10 bits per heavy atom. The molecule has 0 saturated carbocycles. The predicted octanol–water partition coefficient (Wildman–Crippen LogP) is 4.13. The Morgan fingerprint density at radius 2 is 1.81 bits per heavy atom. The molecule has 3 heteroatoms. The number of benzene rings is 2. The van der Waals surface area contributed by atoms with Gasteiger partial charge in [-0.3, -0.25) is 0 Å². The van der Waals surface area contributed by atoms with Gasteiger partial charge in [0.2, 0.25) is 0 Å². The zero-order chi connectivity index (χ0) is 15.2. The van der Waals surface area contributed by atoms with Crippen LogP contribution in [0, 0.1) is 19.7 Å². The molecule has 0 aliphatic carbocycles. The minimum Gasteiger partial charge on any atom is -0.485 e. The maximum Gasteiger partial charge on any atom is 0.165 e. The molecule has 0 amide bonds. The van der Waals surface area contributed by atoms with Crippen LogP contribution >= 0.6 is 0 Å². The Morgan fingerprint density at radius 3 is 2.48 bits per heavy atom. The number of para-hydroxylation sites is 1. The molecule has 0 saturated heterocycles. The van der Waals surface area contributed by atoms with Gasteiger partial charge in [0.15, 0.2) is 11.6 Å². The third-order valence-corrected chi connectivity index (χ3v) is 3.28. The fourth-order valence-corrected chi connectivity index (χ4v) is 2.42. The van der Waals surface area contributed by atoms with Crippen molar-refractivity contribution in [2.75, 3.05) is 6.54 Å². The summed E-state index contributed by atoms with van der Waals surface area (Å²) >= 11 is 0. The topological polar surface area (TPSA) is 21.3 Å². The van der Waals surface area contributed by atoms with E-state index in [-0.39, 0.29) is 5.82 Å². The first-order valence-corrected chi connectivity index (χ1v) is 7.28. The van der Waals surface area contributed by atoms with E-state index >= 15 is 0 Å².